The number of hydrogen-bond donors (Lipinski definition) is 0. The maximum absolute atomic E-state index is 11.3. The molecule has 1 aliphatic heterocycles. The molecule has 1 aliphatic rings. The van der Waals surface area contributed by atoms with E-state index in [0.29, 0.717) is 13.2 Å². The number of alkyl halides is 1. The van der Waals surface area contributed by atoms with Crippen LogP contribution in [0.5, 0.6) is 0 Å². The second-order valence-corrected chi connectivity index (χ2v) is 4.17. The number of amides is 1. The Kier molecular flexibility index (Phi) is 3.26. The Morgan fingerprint density at radius 3 is 3.00 bits per heavy atom. The van der Waals surface area contributed by atoms with Gasteiger partial charge < -0.3 is 4.74 Å². The van der Waals surface area contributed by atoms with E-state index in [-0.39, 0.29) is 6.09 Å². The fourth-order valence-corrected chi connectivity index (χ4v) is 2.07. The SMILES string of the molecule is O=C1OCCN1c1cccc(CCBr)c1. The van der Waals surface area contributed by atoms with Crippen molar-refractivity contribution in [3.8, 4) is 0 Å². The molecule has 0 unspecified atom stereocenters. The smallest absolute Gasteiger partial charge is 0.414 e. The van der Waals surface area contributed by atoms with Crippen LogP contribution in [0.3, 0.4) is 0 Å². The molecule has 0 saturated carbocycles. The molecule has 0 aliphatic carbocycles. The minimum atomic E-state index is -0.244. The van der Waals surface area contributed by atoms with Crippen LogP contribution in [-0.4, -0.2) is 24.6 Å². The molecule has 1 heterocycles. The highest BCUT2D eigenvalue weighted by Gasteiger charge is 2.23. The lowest BCUT2D eigenvalue weighted by Gasteiger charge is -2.13. The van der Waals surface area contributed by atoms with E-state index in [2.05, 4.69) is 22.0 Å². The Hall–Kier alpha value is -1.03. The van der Waals surface area contributed by atoms with Crippen molar-refractivity contribution >= 4 is 27.7 Å². The second kappa shape index (κ2) is 4.66. The lowest BCUT2D eigenvalue weighted by molar-refractivity contribution is 0.181. The summed E-state index contributed by atoms with van der Waals surface area (Å²) in [4.78, 5) is 13.0. The van der Waals surface area contributed by atoms with Crippen molar-refractivity contribution in [2.24, 2.45) is 0 Å². The number of cyclic esters (lactones) is 1. The summed E-state index contributed by atoms with van der Waals surface area (Å²) in [6.07, 6.45) is 0.725. The Morgan fingerprint density at radius 2 is 2.33 bits per heavy atom. The van der Waals surface area contributed by atoms with Gasteiger partial charge in [-0.1, -0.05) is 28.1 Å². The molecule has 1 fully saturated rings. The molecule has 0 bridgehead atoms. The molecule has 80 valence electrons. The van der Waals surface area contributed by atoms with Gasteiger partial charge in [-0.25, -0.2) is 4.79 Å². The number of halogens is 1. The highest BCUT2D eigenvalue weighted by atomic mass is 79.9. The van der Waals surface area contributed by atoms with Crippen molar-refractivity contribution in [1.29, 1.82) is 0 Å². The lowest BCUT2D eigenvalue weighted by Crippen LogP contribution is -2.23. The van der Waals surface area contributed by atoms with Crippen LogP contribution in [0, 0.1) is 0 Å². The first-order valence-corrected chi connectivity index (χ1v) is 6.02. The van der Waals surface area contributed by atoms with Crippen molar-refractivity contribution in [1.82, 2.24) is 0 Å². The zero-order valence-corrected chi connectivity index (χ0v) is 9.87. The number of hydrogen-bond acceptors (Lipinski definition) is 2. The first-order valence-electron chi connectivity index (χ1n) is 4.90. The van der Waals surface area contributed by atoms with Crippen LogP contribution in [0.15, 0.2) is 24.3 Å². The van der Waals surface area contributed by atoms with E-state index in [1.165, 1.54) is 5.56 Å². The molecule has 2 rings (SSSR count). The monoisotopic (exact) mass is 269 g/mol. The van der Waals surface area contributed by atoms with Crippen molar-refractivity contribution in [2.45, 2.75) is 6.42 Å². The second-order valence-electron chi connectivity index (χ2n) is 3.37. The van der Waals surface area contributed by atoms with E-state index in [4.69, 9.17) is 4.74 Å². The minimum absolute atomic E-state index is 0.244. The number of carbonyl (C=O) groups is 1. The van der Waals surface area contributed by atoms with Crippen LogP contribution in [0.4, 0.5) is 10.5 Å². The largest absolute Gasteiger partial charge is 0.447 e. The highest BCUT2D eigenvalue weighted by Crippen LogP contribution is 2.20. The standard InChI is InChI=1S/C11H12BrNO2/c12-5-4-9-2-1-3-10(8-9)13-6-7-15-11(13)14/h1-3,8H,4-7H2. The Balaban J connectivity index is 2.20. The summed E-state index contributed by atoms with van der Waals surface area (Å²) in [5, 5.41) is 0.931. The van der Waals surface area contributed by atoms with Crippen LogP contribution >= 0.6 is 15.9 Å². The van der Waals surface area contributed by atoms with Gasteiger partial charge in [-0.15, -0.1) is 0 Å². The van der Waals surface area contributed by atoms with E-state index in [1.807, 2.05) is 18.2 Å². The molecular formula is C11H12BrNO2. The number of rotatable bonds is 3. The number of carbonyl (C=O) groups excluding carboxylic acids is 1. The van der Waals surface area contributed by atoms with Gasteiger partial charge in [-0.05, 0) is 24.1 Å². The van der Waals surface area contributed by atoms with Gasteiger partial charge in [0, 0.05) is 11.0 Å². The van der Waals surface area contributed by atoms with E-state index < -0.39 is 0 Å². The molecule has 1 aromatic carbocycles. The summed E-state index contributed by atoms with van der Waals surface area (Å²) in [7, 11) is 0. The molecule has 3 nitrogen and oxygen atoms in total. The molecule has 0 spiro atoms. The molecule has 15 heavy (non-hydrogen) atoms. The normalized spacial score (nSPS) is 15.5. The van der Waals surface area contributed by atoms with Crippen molar-refractivity contribution < 1.29 is 9.53 Å². The molecule has 0 atom stereocenters. The molecule has 1 saturated heterocycles. The maximum atomic E-state index is 11.3. The predicted molar refractivity (Wildman–Crippen MR) is 62.6 cm³/mol. The molecule has 1 amide bonds. The van der Waals surface area contributed by atoms with Gasteiger partial charge in [0.15, 0.2) is 0 Å². The van der Waals surface area contributed by atoms with E-state index in [1.54, 1.807) is 4.90 Å². The predicted octanol–water partition coefficient (Wildman–Crippen LogP) is 2.58. The summed E-state index contributed by atoms with van der Waals surface area (Å²) in [6.45, 7) is 1.14. The van der Waals surface area contributed by atoms with Gasteiger partial charge in [0.05, 0.1) is 6.54 Å². The number of nitrogens with zero attached hydrogens (tertiary/aromatic N) is 1. The Bertz CT molecular complexity index is 367. The van der Waals surface area contributed by atoms with Crippen molar-refractivity contribution in [2.75, 3.05) is 23.4 Å². The molecule has 4 heteroatoms. The van der Waals surface area contributed by atoms with Crippen LogP contribution in [-0.2, 0) is 11.2 Å². The molecule has 0 aromatic heterocycles. The van der Waals surface area contributed by atoms with Crippen LogP contribution in [0.2, 0.25) is 0 Å². The van der Waals surface area contributed by atoms with Gasteiger partial charge in [0.25, 0.3) is 0 Å². The Morgan fingerprint density at radius 1 is 1.47 bits per heavy atom. The van der Waals surface area contributed by atoms with E-state index in [0.717, 1.165) is 17.4 Å². The minimum Gasteiger partial charge on any atom is -0.447 e. The van der Waals surface area contributed by atoms with Crippen LogP contribution < -0.4 is 4.90 Å². The fraction of sp³-hybridized carbons (Fsp3) is 0.364. The summed E-state index contributed by atoms with van der Waals surface area (Å²) in [6, 6.07) is 8.00. The van der Waals surface area contributed by atoms with E-state index >= 15 is 0 Å². The third kappa shape index (κ3) is 2.31. The van der Waals surface area contributed by atoms with Crippen LogP contribution in [0.1, 0.15) is 5.56 Å². The lowest BCUT2D eigenvalue weighted by atomic mass is 10.1. The summed E-state index contributed by atoms with van der Waals surface area (Å²) in [5.41, 5.74) is 2.15. The number of benzene rings is 1. The molecule has 0 N–H and O–H groups in total. The molecular weight excluding hydrogens is 258 g/mol. The Labute approximate surface area is 97.2 Å². The average Bonchev–Trinajstić information content (AvgIpc) is 2.65. The fourth-order valence-electron chi connectivity index (χ4n) is 1.62. The number of ether oxygens (including phenoxy) is 1. The van der Waals surface area contributed by atoms with Gasteiger partial charge >= 0.3 is 6.09 Å². The number of aryl methyl sites for hydroxylation is 1. The molecule has 1 aromatic rings. The van der Waals surface area contributed by atoms with Crippen molar-refractivity contribution in [3.63, 3.8) is 0 Å². The molecule has 0 radical (unpaired) electrons. The third-order valence-electron chi connectivity index (χ3n) is 2.37. The quantitative estimate of drug-likeness (QED) is 0.790. The zero-order valence-electron chi connectivity index (χ0n) is 8.28. The zero-order chi connectivity index (χ0) is 10.7. The number of anilines is 1. The maximum Gasteiger partial charge on any atom is 0.414 e. The topological polar surface area (TPSA) is 29.5 Å². The summed E-state index contributed by atoms with van der Waals surface area (Å²) < 4.78 is 4.90. The van der Waals surface area contributed by atoms with Gasteiger partial charge in [0.1, 0.15) is 6.61 Å². The third-order valence-corrected chi connectivity index (χ3v) is 2.76. The van der Waals surface area contributed by atoms with Gasteiger partial charge in [0.2, 0.25) is 0 Å². The summed E-state index contributed by atoms with van der Waals surface area (Å²) >= 11 is 3.40. The average molecular weight is 270 g/mol. The van der Waals surface area contributed by atoms with Gasteiger partial charge in [-0.2, -0.15) is 0 Å². The first kappa shape index (κ1) is 10.5. The summed E-state index contributed by atoms with van der Waals surface area (Å²) in [5.74, 6) is 0. The van der Waals surface area contributed by atoms with Crippen molar-refractivity contribution in [3.05, 3.63) is 29.8 Å². The highest BCUT2D eigenvalue weighted by molar-refractivity contribution is 9.09. The van der Waals surface area contributed by atoms with Gasteiger partial charge in [-0.3, -0.25) is 4.90 Å². The first-order chi connectivity index (χ1) is 7.31. The van der Waals surface area contributed by atoms with E-state index in [9.17, 15) is 4.79 Å². The van der Waals surface area contributed by atoms with Crippen LogP contribution in [0.25, 0.3) is 0 Å².